The maximum atomic E-state index is 6.07. The second-order valence-electron chi connectivity index (χ2n) is 5.50. The van der Waals surface area contributed by atoms with Crippen LogP contribution in [0.4, 0.5) is 11.6 Å². The third-order valence-electron chi connectivity index (χ3n) is 3.93. The van der Waals surface area contributed by atoms with Gasteiger partial charge in [0.05, 0.1) is 11.0 Å². The number of nitrogens with two attached hydrogens (primary N) is 1. The zero-order valence-corrected chi connectivity index (χ0v) is 13.1. The lowest BCUT2D eigenvalue weighted by Crippen LogP contribution is -2.35. The van der Waals surface area contributed by atoms with Crippen molar-refractivity contribution in [2.24, 2.45) is 5.92 Å². The van der Waals surface area contributed by atoms with Crippen molar-refractivity contribution < 1.29 is 0 Å². The molecule has 2 aromatic rings. The Morgan fingerprint density at radius 1 is 1.19 bits per heavy atom. The predicted molar refractivity (Wildman–Crippen MR) is 90.1 cm³/mol. The van der Waals surface area contributed by atoms with Gasteiger partial charge in [-0.15, -0.1) is 12.4 Å². The van der Waals surface area contributed by atoms with Crippen LogP contribution in [0, 0.1) is 5.92 Å². The standard InChI is InChI=1S/C15H21N5.ClH/c1-20(10-11-6-8-17-9-7-11)15-14(16)18-12-4-2-3-5-13(12)19-15;/h2-5,11,17H,6-10H2,1H3,(H2,16,18);1H. The molecule has 114 valence electrons. The molecule has 0 spiro atoms. The SMILES string of the molecule is CN(CC1CCNCC1)c1nc2ccccc2nc1N.Cl. The van der Waals surface area contributed by atoms with Crippen LogP contribution in [-0.4, -0.2) is 36.6 Å². The first-order valence-electron chi connectivity index (χ1n) is 7.18. The molecule has 1 saturated heterocycles. The molecule has 6 heteroatoms. The van der Waals surface area contributed by atoms with Gasteiger partial charge in [-0.3, -0.25) is 0 Å². The van der Waals surface area contributed by atoms with E-state index in [4.69, 9.17) is 5.73 Å². The van der Waals surface area contributed by atoms with Gasteiger partial charge >= 0.3 is 0 Å². The molecular formula is C15H22ClN5. The number of hydrogen-bond acceptors (Lipinski definition) is 5. The first-order chi connectivity index (χ1) is 9.74. The van der Waals surface area contributed by atoms with E-state index in [1.54, 1.807) is 0 Å². The predicted octanol–water partition coefficient (Wildman–Crippen LogP) is 2.07. The molecule has 21 heavy (non-hydrogen) atoms. The number of fused-ring (bicyclic) bond motifs is 1. The van der Waals surface area contributed by atoms with Gasteiger partial charge in [0.25, 0.3) is 0 Å². The van der Waals surface area contributed by atoms with Gasteiger partial charge in [0.2, 0.25) is 0 Å². The average molecular weight is 308 g/mol. The third-order valence-corrected chi connectivity index (χ3v) is 3.93. The quantitative estimate of drug-likeness (QED) is 0.908. The van der Waals surface area contributed by atoms with Gasteiger partial charge in [-0.25, -0.2) is 9.97 Å². The molecule has 1 fully saturated rings. The van der Waals surface area contributed by atoms with Crippen molar-refractivity contribution in [1.29, 1.82) is 0 Å². The summed E-state index contributed by atoms with van der Waals surface area (Å²) >= 11 is 0. The number of nitrogen functional groups attached to an aromatic ring is 1. The van der Waals surface area contributed by atoms with E-state index in [0.29, 0.717) is 11.7 Å². The van der Waals surface area contributed by atoms with E-state index in [9.17, 15) is 0 Å². The Labute approximate surface area is 131 Å². The van der Waals surface area contributed by atoms with Gasteiger partial charge in [-0.05, 0) is 44.0 Å². The van der Waals surface area contributed by atoms with E-state index >= 15 is 0 Å². The fraction of sp³-hybridized carbons (Fsp3) is 0.467. The van der Waals surface area contributed by atoms with Gasteiger partial charge < -0.3 is 16.0 Å². The second-order valence-corrected chi connectivity index (χ2v) is 5.50. The molecule has 1 aliphatic rings. The number of aromatic nitrogens is 2. The molecular weight excluding hydrogens is 286 g/mol. The van der Waals surface area contributed by atoms with Gasteiger partial charge in [-0.2, -0.15) is 0 Å². The molecule has 1 aromatic heterocycles. The molecule has 1 aromatic carbocycles. The Morgan fingerprint density at radius 2 is 1.81 bits per heavy atom. The lowest BCUT2D eigenvalue weighted by Gasteiger charge is -2.28. The molecule has 0 amide bonds. The molecule has 5 nitrogen and oxygen atoms in total. The molecule has 0 unspecified atom stereocenters. The van der Waals surface area contributed by atoms with Crippen LogP contribution in [0.2, 0.25) is 0 Å². The molecule has 1 aliphatic heterocycles. The Bertz CT molecular complexity index is 598. The van der Waals surface area contributed by atoms with Crippen molar-refractivity contribution in [2.45, 2.75) is 12.8 Å². The van der Waals surface area contributed by atoms with Gasteiger partial charge in [0, 0.05) is 13.6 Å². The van der Waals surface area contributed by atoms with Crippen molar-refractivity contribution in [3.8, 4) is 0 Å². The number of piperidine rings is 1. The van der Waals surface area contributed by atoms with Crippen LogP contribution < -0.4 is 16.0 Å². The molecule has 0 atom stereocenters. The maximum Gasteiger partial charge on any atom is 0.171 e. The first kappa shape index (κ1) is 15.8. The summed E-state index contributed by atoms with van der Waals surface area (Å²) in [4.78, 5) is 11.3. The highest BCUT2D eigenvalue weighted by atomic mass is 35.5. The van der Waals surface area contributed by atoms with Gasteiger partial charge in [-0.1, -0.05) is 12.1 Å². The van der Waals surface area contributed by atoms with E-state index in [2.05, 4.69) is 27.2 Å². The summed E-state index contributed by atoms with van der Waals surface area (Å²) in [6, 6.07) is 7.84. The van der Waals surface area contributed by atoms with Crippen molar-refractivity contribution in [3.05, 3.63) is 24.3 Å². The summed E-state index contributed by atoms with van der Waals surface area (Å²) < 4.78 is 0. The number of rotatable bonds is 3. The van der Waals surface area contributed by atoms with Crippen LogP contribution in [0.3, 0.4) is 0 Å². The summed E-state index contributed by atoms with van der Waals surface area (Å²) in [5.74, 6) is 2.01. The monoisotopic (exact) mass is 307 g/mol. The normalized spacial score (nSPS) is 15.7. The summed E-state index contributed by atoms with van der Waals surface area (Å²) in [5.41, 5.74) is 7.81. The number of anilines is 2. The van der Waals surface area contributed by atoms with Crippen LogP contribution >= 0.6 is 12.4 Å². The van der Waals surface area contributed by atoms with Crippen LogP contribution in [-0.2, 0) is 0 Å². The minimum absolute atomic E-state index is 0. The molecule has 0 bridgehead atoms. The van der Waals surface area contributed by atoms with Gasteiger partial charge in [0.1, 0.15) is 0 Å². The minimum atomic E-state index is 0. The summed E-state index contributed by atoms with van der Waals surface area (Å²) in [6.07, 6.45) is 2.43. The van der Waals surface area contributed by atoms with E-state index in [0.717, 1.165) is 36.5 Å². The number of halogens is 1. The molecule has 0 saturated carbocycles. The highest BCUT2D eigenvalue weighted by Crippen LogP contribution is 2.23. The van der Waals surface area contributed by atoms with Crippen LogP contribution in [0.15, 0.2) is 24.3 Å². The van der Waals surface area contributed by atoms with Crippen molar-refractivity contribution in [2.75, 3.05) is 37.3 Å². The van der Waals surface area contributed by atoms with E-state index in [1.807, 2.05) is 24.3 Å². The number of benzene rings is 1. The summed E-state index contributed by atoms with van der Waals surface area (Å²) in [6.45, 7) is 3.20. The molecule has 0 aliphatic carbocycles. The number of hydrogen-bond donors (Lipinski definition) is 2. The summed E-state index contributed by atoms with van der Waals surface area (Å²) in [5, 5.41) is 3.39. The molecule has 3 rings (SSSR count). The molecule has 3 N–H and O–H groups in total. The zero-order valence-electron chi connectivity index (χ0n) is 12.2. The minimum Gasteiger partial charge on any atom is -0.381 e. The fourth-order valence-corrected chi connectivity index (χ4v) is 2.82. The first-order valence-corrected chi connectivity index (χ1v) is 7.18. The summed E-state index contributed by atoms with van der Waals surface area (Å²) in [7, 11) is 2.05. The van der Waals surface area contributed by atoms with Crippen LogP contribution in [0.25, 0.3) is 11.0 Å². The second kappa shape index (κ2) is 6.91. The Balaban J connectivity index is 0.00000161. The third kappa shape index (κ3) is 3.54. The van der Waals surface area contributed by atoms with E-state index < -0.39 is 0 Å². The smallest absolute Gasteiger partial charge is 0.171 e. The fourth-order valence-electron chi connectivity index (χ4n) is 2.82. The Hall–Kier alpha value is -1.59. The van der Waals surface area contributed by atoms with E-state index in [-0.39, 0.29) is 12.4 Å². The van der Waals surface area contributed by atoms with Crippen LogP contribution in [0.5, 0.6) is 0 Å². The molecule has 0 radical (unpaired) electrons. The number of para-hydroxylation sites is 2. The van der Waals surface area contributed by atoms with Crippen molar-refractivity contribution in [3.63, 3.8) is 0 Å². The zero-order chi connectivity index (χ0) is 13.9. The van der Waals surface area contributed by atoms with Crippen LogP contribution in [0.1, 0.15) is 12.8 Å². The number of nitrogens with one attached hydrogen (secondary N) is 1. The average Bonchev–Trinajstić information content (AvgIpc) is 2.47. The highest BCUT2D eigenvalue weighted by Gasteiger charge is 2.18. The highest BCUT2D eigenvalue weighted by molar-refractivity contribution is 5.85. The lowest BCUT2D eigenvalue weighted by molar-refractivity contribution is 0.377. The topological polar surface area (TPSA) is 67.1 Å². The Morgan fingerprint density at radius 3 is 2.48 bits per heavy atom. The van der Waals surface area contributed by atoms with E-state index in [1.165, 1.54) is 12.8 Å². The largest absolute Gasteiger partial charge is 0.381 e. The van der Waals surface area contributed by atoms with Gasteiger partial charge in [0.15, 0.2) is 11.6 Å². The molecule has 2 heterocycles. The van der Waals surface area contributed by atoms with Crippen molar-refractivity contribution >= 4 is 35.1 Å². The Kier molecular flexibility index (Phi) is 5.20. The van der Waals surface area contributed by atoms with Crippen molar-refractivity contribution in [1.82, 2.24) is 15.3 Å². The lowest BCUT2D eigenvalue weighted by atomic mass is 9.98. The number of nitrogens with zero attached hydrogens (tertiary/aromatic N) is 3. The maximum absolute atomic E-state index is 6.07.